The first-order valence-electron chi connectivity index (χ1n) is 6.77. The third-order valence-corrected chi connectivity index (χ3v) is 4.03. The van der Waals surface area contributed by atoms with Crippen molar-refractivity contribution in [2.75, 3.05) is 0 Å². The average Bonchev–Trinajstić information content (AvgIpc) is 2.95. The van der Waals surface area contributed by atoms with Gasteiger partial charge < -0.3 is 4.98 Å². The molecule has 1 N–H and O–H groups in total. The van der Waals surface area contributed by atoms with E-state index >= 15 is 0 Å². The highest BCUT2D eigenvalue weighted by Crippen LogP contribution is 2.28. The van der Waals surface area contributed by atoms with Crippen molar-refractivity contribution in [3.05, 3.63) is 29.6 Å². The number of para-hydroxylation sites is 1. The van der Waals surface area contributed by atoms with Crippen LogP contribution in [0.25, 0.3) is 11.0 Å². The molecule has 0 unspecified atom stereocenters. The Labute approximate surface area is 102 Å². The quantitative estimate of drug-likeness (QED) is 0.845. The third-order valence-electron chi connectivity index (χ3n) is 4.03. The Morgan fingerprint density at radius 1 is 1.29 bits per heavy atom. The topological polar surface area (TPSA) is 28.7 Å². The number of H-pyrrole nitrogens is 1. The molecule has 1 fully saturated rings. The van der Waals surface area contributed by atoms with Crippen molar-refractivity contribution < 1.29 is 0 Å². The largest absolute Gasteiger partial charge is 0.342 e. The molecule has 1 aliphatic carbocycles. The van der Waals surface area contributed by atoms with Gasteiger partial charge in [-0.2, -0.15) is 0 Å². The fourth-order valence-electron chi connectivity index (χ4n) is 2.98. The molecule has 1 aromatic carbocycles. The molecule has 17 heavy (non-hydrogen) atoms. The summed E-state index contributed by atoms with van der Waals surface area (Å²) in [5.74, 6) is 2.12. The minimum absolute atomic E-state index is 0.948. The van der Waals surface area contributed by atoms with Crippen LogP contribution in [0.3, 0.4) is 0 Å². The zero-order chi connectivity index (χ0) is 11.7. The molecule has 0 spiro atoms. The normalized spacial score (nSPS) is 17.0. The van der Waals surface area contributed by atoms with Gasteiger partial charge in [0, 0.05) is 6.42 Å². The van der Waals surface area contributed by atoms with Crippen LogP contribution in [0.5, 0.6) is 0 Å². The van der Waals surface area contributed by atoms with E-state index in [-0.39, 0.29) is 0 Å². The highest BCUT2D eigenvalue weighted by Gasteiger charge is 2.15. The molecule has 2 nitrogen and oxygen atoms in total. The fraction of sp³-hybridized carbons (Fsp3) is 0.533. The van der Waals surface area contributed by atoms with Crippen molar-refractivity contribution in [2.24, 2.45) is 5.92 Å². The molecule has 0 aliphatic heterocycles. The van der Waals surface area contributed by atoms with Crippen LogP contribution in [0.2, 0.25) is 0 Å². The number of nitrogens with one attached hydrogen (secondary N) is 1. The van der Waals surface area contributed by atoms with E-state index in [1.807, 2.05) is 0 Å². The Kier molecular flexibility index (Phi) is 2.87. The molecule has 1 aliphatic rings. The van der Waals surface area contributed by atoms with Crippen LogP contribution in [0.15, 0.2) is 18.2 Å². The van der Waals surface area contributed by atoms with Gasteiger partial charge in [-0.3, -0.25) is 0 Å². The molecule has 0 radical (unpaired) electrons. The summed E-state index contributed by atoms with van der Waals surface area (Å²) in [6, 6.07) is 6.34. The van der Waals surface area contributed by atoms with E-state index in [4.69, 9.17) is 4.98 Å². The highest BCUT2D eigenvalue weighted by atomic mass is 14.9. The van der Waals surface area contributed by atoms with Crippen LogP contribution in [0.1, 0.15) is 43.5 Å². The first-order chi connectivity index (χ1) is 8.33. The van der Waals surface area contributed by atoms with Crippen LogP contribution in [0.4, 0.5) is 0 Å². The second-order valence-electron chi connectivity index (χ2n) is 5.34. The molecular formula is C15H20N2. The van der Waals surface area contributed by atoms with Crippen LogP contribution in [-0.4, -0.2) is 9.97 Å². The Hall–Kier alpha value is -1.31. The van der Waals surface area contributed by atoms with E-state index in [1.54, 1.807) is 0 Å². The Morgan fingerprint density at radius 3 is 2.88 bits per heavy atom. The molecule has 0 bridgehead atoms. The maximum absolute atomic E-state index is 4.72. The van der Waals surface area contributed by atoms with E-state index in [0.29, 0.717) is 0 Å². The number of aryl methyl sites for hydroxylation is 2. The van der Waals surface area contributed by atoms with Gasteiger partial charge in [0.05, 0.1) is 11.0 Å². The molecule has 2 aromatic rings. The van der Waals surface area contributed by atoms with Crippen LogP contribution >= 0.6 is 0 Å². The van der Waals surface area contributed by atoms with Gasteiger partial charge >= 0.3 is 0 Å². The maximum Gasteiger partial charge on any atom is 0.107 e. The van der Waals surface area contributed by atoms with Gasteiger partial charge in [0.2, 0.25) is 0 Å². The molecule has 0 amide bonds. The lowest BCUT2D eigenvalue weighted by molar-refractivity contribution is 0.498. The number of aromatic nitrogens is 2. The van der Waals surface area contributed by atoms with Gasteiger partial charge in [0.15, 0.2) is 0 Å². The monoisotopic (exact) mass is 228 g/mol. The first-order valence-corrected chi connectivity index (χ1v) is 6.77. The van der Waals surface area contributed by atoms with E-state index in [2.05, 4.69) is 30.1 Å². The predicted molar refractivity (Wildman–Crippen MR) is 71.1 cm³/mol. The fourth-order valence-corrected chi connectivity index (χ4v) is 2.98. The molecule has 1 aromatic heterocycles. The second-order valence-corrected chi connectivity index (χ2v) is 5.34. The third kappa shape index (κ3) is 2.21. The standard InChI is InChI=1S/C15H20N2/c1-11-5-4-8-13-15(11)17-14(16-13)10-9-12-6-2-3-7-12/h4-5,8,12H,2-3,6-7,9-10H2,1H3,(H,16,17). The van der Waals surface area contributed by atoms with Gasteiger partial charge in [-0.25, -0.2) is 4.98 Å². The molecule has 1 heterocycles. The number of aromatic amines is 1. The lowest BCUT2D eigenvalue weighted by atomic mass is 10.0. The van der Waals surface area contributed by atoms with Crippen LogP contribution < -0.4 is 0 Å². The molecule has 0 saturated heterocycles. The number of rotatable bonds is 3. The van der Waals surface area contributed by atoms with Gasteiger partial charge in [0.25, 0.3) is 0 Å². The summed E-state index contributed by atoms with van der Waals surface area (Å²) in [5.41, 5.74) is 3.60. The Balaban J connectivity index is 1.74. The highest BCUT2D eigenvalue weighted by molar-refractivity contribution is 5.78. The summed E-state index contributed by atoms with van der Waals surface area (Å²) in [6.07, 6.45) is 8.14. The molecule has 90 valence electrons. The van der Waals surface area contributed by atoms with Gasteiger partial charge in [0.1, 0.15) is 5.82 Å². The summed E-state index contributed by atoms with van der Waals surface area (Å²) in [5, 5.41) is 0. The summed E-state index contributed by atoms with van der Waals surface area (Å²) in [6.45, 7) is 2.13. The lowest BCUT2D eigenvalue weighted by Crippen LogP contribution is -1.97. The second kappa shape index (κ2) is 4.52. The molecular weight excluding hydrogens is 208 g/mol. The molecule has 3 rings (SSSR count). The number of benzene rings is 1. The number of fused-ring (bicyclic) bond motifs is 1. The number of imidazole rings is 1. The van der Waals surface area contributed by atoms with E-state index < -0.39 is 0 Å². The smallest absolute Gasteiger partial charge is 0.107 e. The zero-order valence-electron chi connectivity index (χ0n) is 10.5. The van der Waals surface area contributed by atoms with Crippen molar-refractivity contribution in [2.45, 2.75) is 45.4 Å². The summed E-state index contributed by atoms with van der Waals surface area (Å²) in [7, 11) is 0. The van der Waals surface area contributed by atoms with Crippen molar-refractivity contribution in [1.82, 2.24) is 9.97 Å². The minimum Gasteiger partial charge on any atom is -0.342 e. The molecule has 1 saturated carbocycles. The summed E-state index contributed by atoms with van der Waals surface area (Å²) in [4.78, 5) is 8.17. The Bertz CT molecular complexity index is 507. The zero-order valence-corrected chi connectivity index (χ0v) is 10.5. The SMILES string of the molecule is Cc1cccc2[nH]c(CCC3CCCC3)nc12. The van der Waals surface area contributed by atoms with Gasteiger partial charge in [-0.1, -0.05) is 37.8 Å². The van der Waals surface area contributed by atoms with Gasteiger partial charge in [-0.05, 0) is 30.9 Å². The van der Waals surface area contributed by atoms with Crippen LogP contribution in [-0.2, 0) is 6.42 Å². The minimum atomic E-state index is 0.948. The van der Waals surface area contributed by atoms with Crippen molar-refractivity contribution in [1.29, 1.82) is 0 Å². The van der Waals surface area contributed by atoms with Crippen LogP contribution in [0, 0.1) is 12.8 Å². The Morgan fingerprint density at radius 2 is 2.12 bits per heavy atom. The molecule has 0 atom stereocenters. The number of hydrogen-bond acceptors (Lipinski definition) is 1. The van der Waals surface area contributed by atoms with E-state index in [0.717, 1.165) is 17.9 Å². The first kappa shape index (κ1) is 10.8. The van der Waals surface area contributed by atoms with E-state index in [9.17, 15) is 0 Å². The summed E-state index contributed by atoms with van der Waals surface area (Å²) < 4.78 is 0. The maximum atomic E-state index is 4.72. The number of hydrogen-bond donors (Lipinski definition) is 1. The van der Waals surface area contributed by atoms with Crippen molar-refractivity contribution in [3.8, 4) is 0 Å². The summed E-state index contributed by atoms with van der Waals surface area (Å²) >= 11 is 0. The van der Waals surface area contributed by atoms with Gasteiger partial charge in [-0.15, -0.1) is 0 Å². The predicted octanol–water partition coefficient (Wildman–Crippen LogP) is 3.99. The number of nitrogens with zero attached hydrogens (tertiary/aromatic N) is 1. The molecule has 2 heteroatoms. The average molecular weight is 228 g/mol. The van der Waals surface area contributed by atoms with E-state index in [1.165, 1.54) is 49.0 Å². The lowest BCUT2D eigenvalue weighted by Gasteiger charge is -2.05. The van der Waals surface area contributed by atoms with Crippen molar-refractivity contribution >= 4 is 11.0 Å². The van der Waals surface area contributed by atoms with Crippen molar-refractivity contribution in [3.63, 3.8) is 0 Å².